The monoisotopic (exact) mass is 341 g/mol. The lowest BCUT2D eigenvalue weighted by Crippen LogP contribution is -2.28. The van der Waals surface area contributed by atoms with Crippen LogP contribution >= 0.6 is 15.9 Å². The van der Waals surface area contributed by atoms with Crippen molar-refractivity contribution in [2.75, 3.05) is 13.7 Å². The highest BCUT2D eigenvalue weighted by Crippen LogP contribution is 2.33. The molecule has 3 heteroatoms. The second-order valence-electron chi connectivity index (χ2n) is 5.24. The first-order valence-electron chi connectivity index (χ1n) is 7.74. The number of ether oxygens (including phenoxy) is 1. The molecule has 0 fully saturated rings. The third kappa shape index (κ3) is 4.78. The van der Waals surface area contributed by atoms with E-state index in [0.717, 1.165) is 16.8 Å². The minimum atomic E-state index is 0.429. The molecule has 0 aliphatic carbocycles. The predicted molar refractivity (Wildman–Crippen MR) is 90.4 cm³/mol. The third-order valence-corrected chi connectivity index (χ3v) is 4.50. The van der Waals surface area contributed by atoms with E-state index in [1.165, 1.54) is 31.2 Å². The zero-order valence-electron chi connectivity index (χ0n) is 13.2. The van der Waals surface area contributed by atoms with Gasteiger partial charge in [0, 0.05) is 6.04 Å². The maximum atomic E-state index is 5.32. The van der Waals surface area contributed by atoms with E-state index in [2.05, 4.69) is 60.2 Å². The zero-order chi connectivity index (χ0) is 15.0. The second-order valence-corrected chi connectivity index (χ2v) is 6.09. The summed E-state index contributed by atoms with van der Waals surface area (Å²) >= 11 is 3.60. The first kappa shape index (κ1) is 17.5. The van der Waals surface area contributed by atoms with Crippen molar-refractivity contribution in [2.24, 2.45) is 5.92 Å². The molecule has 1 aromatic rings. The van der Waals surface area contributed by atoms with E-state index < -0.39 is 0 Å². The Morgan fingerprint density at radius 3 is 2.50 bits per heavy atom. The molecule has 0 aliphatic rings. The largest absolute Gasteiger partial charge is 0.496 e. The van der Waals surface area contributed by atoms with E-state index in [1.807, 2.05) is 0 Å². The molecule has 0 heterocycles. The molecule has 0 radical (unpaired) electrons. The summed E-state index contributed by atoms with van der Waals surface area (Å²) in [5, 5.41) is 3.66. The average Bonchev–Trinajstić information content (AvgIpc) is 2.46. The number of hydrogen-bond acceptors (Lipinski definition) is 2. The second kappa shape index (κ2) is 9.41. The number of benzene rings is 1. The molecular weight excluding hydrogens is 314 g/mol. The van der Waals surface area contributed by atoms with Gasteiger partial charge in [0.2, 0.25) is 0 Å². The first-order chi connectivity index (χ1) is 9.67. The molecule has 114 valence electrons. The lowest BCUT2D eigenvalue weighted by molar-refractivity contribution is 0.327. The maximum absolute atomic E-state index is 5.32. The smallest absolute Gasteiger partial charge is 0.133 e. The number of methoxy groups -OCH3 is 1. The van der Waals surface area contributed by atoms with Crippen LogP contribution in [0.15, 0.2) is 22.7 Å². The van der Waals surface area contributed by atoms with Crippen LogP contribution in [-0.4, -0.2) is 13.7 Å². The van der Waals surface area contributed by atoms with Crippen molar-refractivity contribution in [1.29, 1.82) is 0 Å². The third-order valence-electron chi connectivity index (χ3n) is 3.88. The van der Waals surface area contributed by atoms with Gasteiger partial charge in [0.15, 0.2) is 0 Å². The lowest BCUT2D eigenvalue weighted by Gasteiger charge is -2.28. The van der Waals surface area contributed by atoms with Gasteiger partial charge < -0.3 is 10.1 Å². The van der Waals surface area contributed by atoms with Crippen LogP contribution in [0, 0.1) is 5.92 Å². The Kier molecular flexibility index (Phi) is 8.24. The number of halogens is 1. The van der Waals surface area contributed by atoms with Crippen LogP contribution in [0.5, 0.6) is 5.75 Å². The fraction of sp³-hybridized carbons (Fsp3) is 0.647. The van der Waals surface area contributed by atoms with E-state index in [1.54, 1.807) is 7.11 Å². The lowest BCUT2D eigenvalue weighted by atomic mass is 9.87. The summed E-state index contributed by atoms with van der Waals surface area (Å²) in [6, 6.07) is 6.86. The molecule has 2 nitrogen and oxygen atoms in total. The molecule has 0 saturated heterocycles. The minimum Gasteiger partial charge on any atom is -0.496 e. The van der Waals surface area contributed by atoms with Crippen LogP contribution in [0.2, 0.25) is 0 Å². The van der Waals surface area contributed by atoms with E-state index in [0.29, 0.717) is 12.0 Å². The molecule has 20 heavy (non-hydrogen) atoms. The highest BCUT2D eigenvalue weighted by molar-refractivity contribution is 9.10. The SMILES string of the molecule is CCCCC(CC)C(NCC)c1ccc(OC)c(Br)c1. The van der Waals surface area contributed by atoms with Crippen molar-refractivity contribution < 1.29 is 4.74 Å². The normalized spacial score (nSPS) is 14.1. The molecule has 2 atom stereocenters. The van der Waals surface area contributed by atoms with Gasteiger partial charge in [-0.3, -0.25) is 0 Å². The van der Waals surface area contributed by atoms with Gasteiger partial charge in [-0.1, -0.05) is 46.1 Å². The van der Waals surface area contributed by atoms with Crippen molar-refractivity contribution in [3.05, 3.63) is 28.2 Å². The summed E-state index contributed by atoms with van der Waals surface area (Å²) in [6.07, 6.45) is 5.06. The Labute approximate surface area is 132 Å². The number of rotatable bonds is 9. The van der Waals surface area contributed by atoms with Gasteiger partial charge in [-0.05, 0) is 52.5 Å². The fourth-order valence-electron chi connectivity index (χ4n) is 2.73. The molecular formula is C17H28BrNO. The number of unbranched alkanes of at least 4 members (excludes halogenated alkanes) is 1. The van der Waals surface area contributed by atoms with Crippen molar-refractivity contribution in [3.63, 3.8) is 0 Å². The summed E-state index contributed by atoms with van der Waals surface area (Å²) < 4.78 is 6.36. The van der Waals surface area contributed by atoms with Gasteiger partial charge in [-0.25, -0.2) is 0 Å². The van der Waals surface area contributed by atoms with Gasteiger partial charge in [0.25, 0.3) is 0 Å². The van der Waals surface area contributed by atoms with Crippen molar-refractivity contribution in [1.82, 2.24) is 5.32 Å². The minimum absolute atomic E-state index is 0.429. The van der Waals surface area contributed by atoms with Crippen LogP contribution in [0.3, 0.4) is 0 Å². The average molecular weight is 342 g/mol. The Hall–Kier alpha value is -0.540. The topological polar surface area (TPSA) is 21.3 Å². The van der Waals surface area contributed by atoms with Gasteiger partial charge >= 0.3 is 0 Å². The summed E-state index contributed by atoms with van der Waals surface area (Å²) in [5.74, 6) is 1.58. The zero-order valence-corrected chi connectivity index (χ0v) is 14.8. The quantitative estimate of drug-likeness (QED) is 0.655. The summed E-state index contributed by atoms with van der Waals surface area (Å²) in [6.45, 7) is 7.73. The van der Waals surface area contributed by atoms with Crippen LogP contribution < -0.4 is 10.1 Å². The maximum Gasteiger partial charge on any atom is 0.133 e. The molecule has 0 aliphatic heterocycles. The molecule has 2 unspecified atom stereocenters. The molecule has 0 aromatic heterocycles. The van der Waals surface area contributed by atoms with Crippen molar-refractivity contribution in [2.45, 2.75) is 52.5 Å². The van der Waals surface area contributed by atoms with Crippen LogP contribution in [-0.2, 0) is 0 Å². The molecule has 1 N–H and O–H groups in total. The van der Waals surface area contributed by atoms with E-state index in [9.17, 15) is 0 Å². The van der Waals surface area contributed by atoms with Crippen LogP contribution in [0.4, 0.5) is 0 Å². The molecule has 0 spiro atoms. The Morgan fingerprint density at radius 1 is 1.25 bits per heavy atom. The number of hydrogen-bond donors (Lipinski definition) is 1. The van der Waals surface area contributed by atoms with Gasteiger partial charge in [-0.2, -0.15) is 0 Å². The Balaban J connectivity index is 2.96. The highest BCUT2D eigenvalue weighted by Gasteiger charge is 2.21. The standard InChI is InChI=1S/C17H28BrNO/c1-5-8-9-13(6-2)17(19-7-3)14-10-11-16(20-4)15(18)12-14/h10-13,17,19H,5-9H2,1-4H3. The Bertz CT molecular complexity index is 395. The van der Waals surface area contributed by atoms with E-state index in [-0.39, 0.29) is 0 Å². The van der Waals surface area contributed by atoms with Crippen LogP contribution in [0.1, 0.15) is 58.1 Å². The summed E-state index contributed by atoms with van der Waals surface area (Å²) in [7, 11) is 1.71. The fourth-order valence-corrected chi connectivity index (χ4v) is 3.28. The van der Waals surface area contributed by atoms with Gasteiger partial charge in [-0.15, -0.1) is 0 Å². The molecule has 1 aromatic carbocycles. The predicted octanol–water partition coefficient (Wildman–Crippen LogP) is 5.32. The summed E-state index contributed by atoms with van der Waals surface area (Å²) in [5.41, 5.74) is 1.35. The Morgan fingerprint density at radius 2 is 2.00 bits per heavy atom. The van der Waals surface area contributed by atoms with E-state index >= 15 is 0 Å². The molecule has 0 bridgehead atoms. The first-order valence-corrected chi connectivity index (χ1v) is 8.53. The molecule has 0 saturated carbocycles. The van der Waals surface area contributed by atoms with Gasteiger partial charge in [0.1, 0.15) is 5.75 Å². The molecule has 0 amide bonds. The van der Waals surface area contributed by atoms with Gasteiger partial charge in [0.05, 0.1) is 11.6 Å². The van der Waals surface area contributed by atoms with Crippen LogP contribution in [0.25, 0.3) is 0 Å². The molecule has 1 rings (SSSR count). The number of nitrogens with one attached hydrogen (secondary N) is 1. The highest BCUT2D eigenvalue weighted by atomic mass is 79.9. The van der Waals surface area contributed by atoms with E-state index in [4.69, 9.17) is 4.74 Å². The summed E-state index contributed by atoms with van der Waals surface area (Å²) in [4.78, 5) is 0. The van der Waals surface area contributed by atoms with Crippen molar-refractivity contribution >= 4 is 15.9 Å². The van der Waals surface area contributed by atoms with Crippen molar-refractivity contribution in [3.8, 4) is 5.75 Å².